The van der Waals surface area contributed by atoms with Crippen molar-refractivity contribution in [1.82, 2.24) is 5.32 Å². The van der Waals surface area contributed by atoms with Gasteiger partial charge in [0.2, 0.25) is 0 Å². The number of nitrogens with one attached hydrogen (secondary N) is 1. The number of carbonyl (C=O) groups excluding carboxylic acids is 1. The van der Waals surface area contributed by atoms with Crippen molar-refractivity contribution in [2.75, 3.05) is 19.8 Å². The molecule has 148 valence electrons. The molecule has 9 heteroatoms. The van der Waals surface area contributed by atoms with Crippen molar-refractivity contribution >= 4 is 12.0 Å². The second kappa shape index (κ2) is 9.89. The highest BCUT2D eigenvalue weighted by Crippen LogP contribution is 2.37. The predicted molar refractivity (Wildman–Crippen MR) is 96.3 cm³/mol. The van der Waals surface area contributed by atoms with Gasteiger partial charge in [0.05, 0.1) is 30.7 Å². The Hall–Kier alpha value is -2.65. The number of fused-ring (bicyclic) bond motifs is 1. The first-order valence-electron chi connectivity index (χ1n) is 8.71. The molecule has 0 saturated carbocycles. The molecule has 0 fully saturated rings. The molecule has 1 aliphatic heterocycles. The van der Waals surface area contributed by atoms with Gasteiger partial charge in [-0.3, -0.25) is 10.1 Å². The Labute approximate surface area is 157 Å². The highest BCUT2D eigenvalue weighted by Gasteiger charge is 2.35. The Balaban J connectivity index is 2.16. The van der Waals surface area contributed by atoms with Gasteiger partial charge in [-0.15, -0.1) is 0 Å². The standard InChI is InChI=1S/C18H24N2O7/c1-3-26-14(11-25-8-4-7-21)10-19-17-15-9-13(20(23)24)5-6-16(15)27-12(2)18(17)22/h5-7,9,11-12,17-19,22H,3-4,8,10H2,1-2H3/b14-11-. The molecular formula is C18H24N2O7. The van der Waals surface area contributed by atoms with E-state index in [1.807, 2.05) is 6.92 Å². The lowest BCUT2D eigenvalue weighted by molar-refractivity contribution is -0.385. The van der Waals surface area contributed by atoms with Crippen molar-refractivity contribution < 1.29 is 29.0 Å². The van der Waals surface area contributed by atoms with Crippen LogP contribution >= 0.6 is 0 Å². The van der Waals surface area contributed by atoms with E-state index in [-0.39, 0.29) is 25.3 Å². The zero-order valence-electron chi connectivity index (χ0n) is 15.3. The fourth-order valence-corrected chi connectivity index (χ4v) is 2.75. The third kappa shape index (κ3) is 5.41. The van der Waals surface area contributed by atoms with Gasteiger partial charge in [-0.2, -0.15) is 0 Å². The number of aliphatic hydroxyl groups is 1. The maximum atomic E-state index is 11.1. The third-order valence-corrected chi connectivity index (χ3v) is 4.07. The van der Waals surface area contributed by atoms with Crippen LogP contribution in [0.4, 0.5) is 5.69 Å². The molecule has 1 aromatic rings. The lowest BCUT2D eigenvalue weighted by Gasteiger charge is -2.35. The van der Waals surface area contributed by atoms with Crippen molar-refractivity contribution in [3.8, 4) is 5.75 Å². The summed E-state index contributed by atoms with van der Waals surface area (Å²) in [5, 5.41) is 24.7. The number of benzene rings is 1. The summed E-state index contributed by atoms with van der Waals surface area (Å²) in [5.41, 5.74) is 0.427. The fraction of sp³-hybridized carbons (Fsp3) is 0.500. The van der Waals surface area contributed by atoms with E-state index in [0.717, 1.165) is 6.29 Å². The number of non-ortho nitro benzene ring substituents is 1. The van der Waals surface area contributed by atoms with Gasteiger partial charge in [-0.1, -0.05) is 0 Å². The number of aliphatic hydroxyl groups excluding tert-OH is 1. The quantitative estimate of drug-likeness (QED) is 0.207. The number of nitrogens with zero attached hydrogens (tertiary/aromatic N) is 1. The zero-order valence-corrected chi connectivity index (χ0v) is 15.3. The number of aldehydes is 1. The van der Waals surface area contributed by atoms with Crippen molar-refractivity contribution in [1.29, 1.82) is 0 Å². The summed E-state index contributed by atoms with van der Waals surface area (Å²) < 4.78 is 16.4. The van der Waals surface area contributed by atoms with Crippen LogP contribution in [0.15, 0.2) is 30.2 Å². The number of hydrogen-bond donors (Lipinski definition) is 2. The monoisotopic (exact) mass is 380 g/mol. The Morgan fingerprint density at radius 1 is 1.48 bits per heavy atom. The molecule has 0 radical (unpaired) electrons. The Morgan fingerprint density at radius 3 is 2.93 bits per heavy atom. The van der Waals surface area contributed by atoms with E-state index in [4.69, 9.17) is 14.2 Å². The summed E-state index contributed by atoms with van der Waals surface area (Å²) in [7, 11) is 0. The van der Waals surface area contributed by atoms with Crippen LogP contribution < -0.4 is 10.1 Å². The molecule has 3 atom stereocenters. The largest absolute Gasteiger partial charge is 0.497 e. The van der Waals surface area contributed by atoms with Crippen LogP contribution in [0, 0.1) is 10.1 Å². The molecule has 0 aliphatic carbocycles. The fourth-order valence-electron chi connectivity index (χ4n) is 2.75. The average Bonchev–Trinajstić information content (AvgIpc) is 2.65. The predicted octanol–water partition coefficient (Wildman–Crippen LogP) is 1.85. The summed E-state index contributed by atoms with van der Waals surface area (Å²) in [4.78, 5) is 20.9. The van der Waals surface area contributed by atoms with Crippen LogP contribution in [0.3, 0.4) is 0 Å². The van der Waals surface area contributed by atoms with Crippen LogP contribution in [0.2, 0.25) is 0 Å². The Bertz CT molecular complexity index is 692. The third-order valence-electron chi connectivity index (χ3n) is 4.07. The first kappa shape index (κ1) is 20.7. The van der Waals surface area contributed by atoms with Crippen molar-refractivity contribution in [2.24, 2.45) is 0 Å². The van der Waals surface area contributed by atoms with Crippen molar-refractivity contribution in [2.45, 2.75) is 38.5 Å². The zero-order chi connectivity index (χ0) is 19.8. The summed E-state index contributed by atoms with van der Waals surface area (Å²) in [6.07, 6.45) is 1.06. The van der Waals surface area contributed by atoms with E-state index < -0.39 is 23.2 Å². The first-order chi connectivity index (χ1) is 13.0. The van der Waals surface area contributed by atoms with Gasteiger partial charge in [-0.25, -0.2) is 0 Å². The normalized spacial score (nSPS) is 21.7. The molecule has 27 heavy (non-hydrogen) atoms. The minimum atomic E-state index is -0.904. The summed E-state index contributed by atoms with van der Waals surface area (Å²) in [5.74, 6) is 0.974. The molecule has 1 aliphatic rings. The maximum Gasteiger partial charge on any atom is 0.270 e. The Kier molecular flexibility index (Phi) is 7.56. The van der Waals surface area contributed by atoms with Gasteiger partial charge in [0.15, 0.2) is 0 Å². The molecule has 0 aromatic heterocycles. The first-order valence-corrected chi connectivity index (χ1v) is 8.71. The number of carbonyl (C=O) groups is 1. The Morgan fingerprint density at radius 2 is 2.26 bits per heavy atom. The lowest BCUT2D eigenvalue weighted by Crippen LogP contribution is -2.45. The molecule has 3 unspecified atom stereocenters. The van der Waals surface area contributed by atoms with E-state index in [9.17, 15) is 20.0 Å². The number of hydrogen-bond acceptors (Lipinski definition) is 8. The van der Waals surface area contributed by atoms with Crippen LogP contribution in [0.1, 0.15) is 31.9 Å². The van der Waals surface area contributed by atoms with E-state index in [0.29, 0.717) is 23.7 Å². The van der Waals surface area contributed by atoms with Gasteiger partial charge in [0.1, 0.15) is 36.3 Å². The molecule has 0 spiro atoms. The van der Waals surface area contributed by atoms with Gasteiger partial charge in [0, 0.05) is 24.1 Å². The molecule has 2 N–H and O–H groups in total. The van der Waals surface area contributed by atoms with Gasteiger partial charge >= 0.3 is 0 Å². The molecule has 9 nitrogen and oxygen atoms in total. The van der Waals surface area contributed by atoms with E-state index in [2.05, 4.69) is 5.32 Å². The smallest absolute Gasteiger partial charge is 0.270 e. The maximum absolute atomic E-state index is 11.1. The number of nitro benzene ring substituents is 1. The van der Waals surface area contributed by atoms with Crippen LogP contribution in [-0.2, 0) is 14.3 Å². The summed E-state index contributed by atoms with van der Waals surface area (Å²) in [6.45, 7) is 4.44. The minimum Gasteiger partial charge on any atom is -0.497 e. The second-order valence-electron chi connectivity index (χ2n) is 5.99. The van der Waals surface area contributed by atoms with Gasteiger partial charge < -0.3 is 29.4 Å². The van der Waals surface area contributed by atoms with Crippen LogP contribution in [-0.4, -0.2) is 48.3 Å². The highest BCUT2D eigenvalue weighted by molar-refractivity contribution is 5.49. The molecule has 2 rings (SSSR count). The summed E-state index contributed by atoms with van der Waals surface area (Å²) in [6, 6.07) is 3.72. The van der Waals surface area contributed by atoms with E-state index in [1.165, 1.54) is 24.5 Å². The van der Waals surface area contributed by atoms with E-state index in [1.54, 1.807) is 6.92 Å². The molecule has 0 bridgehead atoms. The van der Waals surface area contributed by atoms with Crippen molar-refractivity contribution in [3.63, 3.8) is 0 Å². The van der Waals surface area contributed by atoms with Gasteiger partial charge in [-0.05, 0) is 19.9 Å². The second-order valence-corrected chi connectivity index (χ2v) is 5.99. The minimum absolute atomic E-state index is 0.0799. The van der Waals surface area contributed by atoms with E-state index >= 15 is 0 Å². The SMILES string of the molecule is CCO/C(=C\OCCC=O)CNC1c2cc([N+](=O)[O-])ccc2OC(C)C1O. The number of ether oxygens (including phenoxy) is 3. The molecule has 1 heterocycles. The molecular weight excluding hydrogens is 356 g/mol. The number of rotatable bonds is 10. The van der Waals surface area contributed by atoms with Crippen LogP contribution in [0.5, 0.6) is 5.75 Å². The average molecular weight is 380 g/mol. The number of nitro groups is 1. The molecule has 1 aromatic carbocycles. The van der Waals surface area contributed by atoms with Gasteiger partial charge in [0.25, 0.3) is 5.69 Å². The molecule has 0 amide bonds. The lowest BCUT2D eigenvalue weighted by atomic mass is 9.93. The highest BCUT2D eigenvalue weighted by atomic mass is 16.6. The summed E-state index contributed by atoms with van der Waals surface area (Å²) >= 11 is 0. The molecule has 0 saturated heterocycles. The van der Waals surface area contributed by atoms with Crippen molar-refractivity contribution in [3.05, 3.63) is 45.9 Å². The van der Waals surface area contributed by atoms with Crippen LogP contribution in [0.25, 0.3) is 0 Å². The topological polar surface area (TPSA) is 120 Å².